The Labute approximate surface area is 356 Å². The molecule has 61 heavy (non-hydrogen) atoms. The van der Waals surface area contributed by atoms with Gasteiger partial charge < -0.3 is 9.64 Å². The van der Waals surface area contributed by atoms with E-state index in [9.17, 15) is 0 Å². The van der Waals surface area contributed by atoms with Gasteiger partial charge in [0.25, 0.3) is 0 Å². The van der Waals surface area contributed by atoms with E-state index >= 15 is 0 Å². The molecule has 13 rings (SSSR count). The van der Waals surface area contributed by atoms with Crippen LogP contribution < -0.4 is 9.64 Å². The van der Waals surface area contributed by atoms with E-state index in [0.717, 1.165) is 22.8 Å². The minimum Gasteiger partial charge on any atom is -0.485 e. The molecule has 9 aromatic carbocycles. The first kappa shape index (κ1) is 34.2. The van der Waals surface area contributed by atoms with Crippen molar-refractivity contribution in [2.75, 3.05) is 4.90 Å². The average molecular weight is 778 g/mol. The lowest BCUT2D eigenvalue weighted by Gasteiger charge is -2.36. The SMILES string of the molecule is C1=CC2Oc3cc(N(c4ccc(-c5ccccc5)cc4)c4ccc5c(c4)C4(c6ccccc6-c6ccccc6-5)c5ccccc5-c5c4ccc4ccccc54)ccc3C2C=C1. The van der Waals surface area contributed by atoms with Crippen LogP contribution in [0.15, 0.2) is 224 Å². The highest BCUT2D eigenvalue weighted by molar-refractivity contribution is 6.06. The first-order valence-electron chi connectivity index (χ1n) is 21.3. The normalized spacial score (nSPS) is 18.2. The quantitative estimate of drug-likeness (QED) is 0.176. The lowest BCUT2D eigenvalue weighted by Crippen LogP contribution is -2.29. The molecule has 0 radical (unpaired) electrons. The summed E-state index contributed by atoms with van der Waals surface area (Å²) in [5.74, 6) is 1.16. The van der Waals surface area contributed by atoms with Crippen LogP contribution in [0.2, 0.25) is 0 Å². The van der Waals surface area contributed by atoms with E-state index in [1.807, 2.05) is 0 Å². The standard InChI is InChI=1S/C59H39NO/c1-2-14-38(15-3-1)39-26-29-41(30-27-39)60(43-32-34-50-49-21-10-13-25-56(49)61-57(50)37-43)42-31-33-48-46-19-7-6-18-45(46)47-20-8-11-23-52(47)59(55(48)36-42)53-24-12-9-22-51(53)58-44-17-5-4-16-40(44)28-35-54(58)59/h1-37,49,56H. The number of rotatable bonds is 4. The number of hydrogen-bond acceptors (Lipinski definition) is 2. The summed E-state index contributed by atoms with van der Waals surface area (Å²) in [5, 5.41) is 2.53. The maximum atomic E-state index is 6.66. The molecule has 2 heteroatoms. The zero-order valence-electron chi connectivity index (χ0n) is 33.4. The fraction of sp³-hybridized carbons (Fsp3) is 0.0508. The van der Waals surface area contributed by atoms with Gasteiger partial charge >= 0.3 is 0 Å². The van der Waals surface area contributed by atoms with Gasteiger partial charge in [-0.15, -0.1) is 0 Å². The lowest BCUT2D eigenvalue weighted by atomic mass is 9.65. The highest BCUT2D eigenvalue weighted by Crippen LogP contribution is 2.63. The molecule has 4 aliphatic rings. The maximum absolute atomic E-state index is 6.66. The molecule has 3 aliphatic carbocycles. The summed E-state index contributed by atoms with van der Waals surface area (Å²) in [6.07, 6.45) is 8.68. The molecule has 0 saturated heterocycles. The Bertz CT molecular complexity index is 3300. The molecular formula is C59H39NO. The average Bonchev–Trinajstić information content (AvgIpc) is 3.82. The van der Waals surface area contributed by atoms with E-state index in [0.29, 0.717) is 0 Å². The van der Waals surface area contributed by atoms with Crippen LogP contribution in [0.5, 0.6) is 5.75 Å². The molecule has 2 nitrogen and oxygen atoms in total. The molecule has 286 valence electrons. The van der Waals surface area contributed by atoms with E-state index in [4.69, 9.17) is 4.74 Å². The molecule has 0 N–H and O–H groups in total. The molecule has 0 saturated carbocycles. The van der Waals surface area contributed by atoms with Gasteiger partial charge in [0.05, 0.1) is 5.41 Å². The molecule has 0 fully saturated rings. The monoisotopic (exact) mass is 777 g/mol. The molecule has 3 atom stereocenters. The molecule has 3 unspecified atom stereocenters. The van der Waals surface area contributed by atoms with Crippen LogP contribution in [0, 0.1) is 0 Å². The van der Waals surface area contributed by atoms with Crippen molar-refractivity contribution >= 4 is 27.8 Å². The molecule has 0 bridgehead atoms. The van der Waals surface area contributed by atoms with Crippen molar-refractivity contribution in [1.82, 2.24) is 0 Å². The van der Waals surface area contributed by atoms with Gasteiger partial charge in [0.1, 0.15) is 11.9 Å². The zero-order valence-corrected chi connectivity index (χ0v) is 33.4. The van der Waals surface area contributed by atoms with Crippen LogP contribution in [0.4, 0.5) is 17.1 Å². The molecule has 0 amide bonds. The summed E-state index contributed by atoms with van der Waals surface area (Å²) in [5.41, 5.74) is 19.0. The second-order valence-electron chi connectivity index (χ2n) is 16.7. The highest BCUT2D eigenvalue weighted by Gasteiger charge is 2.50. The van der Waals surface area contributed by atoms with E-state index in [2.05, 4.69) is 229 Å². The number of ether oxygens (including phenoxy) is 1. The molecule has 1 aliphatic heterocycles. The molecular weight excluding hydrogens is 739 g/mol. The van der Waals surface area contributed by atoms with Gasteiger partial charge in [0, 0.05) is 34.6 Å². The number of benzene rings is 9. The van der Waals surface area contributed by atoms with Crippen molar-refractivity contribution in [2.24, 2.45) is 0 Å². The second-order valence-corrected chi connectivity index (χ2v) is 16.7. The van der Waals surface area contributed by atoms with Crippen LogP contribution in [0.3, 0.4) is 0 Å². The van der Waals surface area contributed by atoms with Gasteiger partial charge in [-0.25, -0.2) is 0 Å². The minimum absolute atomic E-state index is 0.0138. The third-order valence-corrected chi connectivity index (χ3v) is 13.6. The Morgan fingerprint density at radius 2 is 1.02 bits per heavy atom. The number of fused-ring (bicyclic) bond motifs is 17. The largest absolute Gasteiger partial charge is 0.485 e. The summed E-state index contributed by atoms with van der Waals surface area (Å²) in [6, 6.07) is 74.6. The van der Waals surface area contributed by atoms with Crippen molar-refractivity contribution in [1.29, 1.82) is 0 Å². The van der Waals surface area contributed by atoms with E-state index < -0.39 is 5.41 Å². The van der Waals surface area contributed by atoms with Crippen molar-refractivity contribution in [3.8, 4) is 50.3 Å². The molecule has 0 aromatic heterocycles. The Morgan fingerprint density at radius 3 is 1.84 bits per heavy atom. The molecule has 1 spiro atoms. The summed E-state index contributed by atoms with van der Waals surface area (Å²) < 4.78 is 6.66. The summed E-state index contributed by atoms with van der Waals surface area (Å²) in [7, 11) is 0. The van der Waals surface area contributed by atoms with Crippen molar-refractivity contribution in [3.63, 3.8) is 0 Å². The maximum Gasteiger partial charge on any atom is 0.128 e. The van der Waals surface area contributed by atoms with Crippen molar-refractivity contribution in [3.05, 3.63) is 252 Å². The van der Waals surface area contributed by atoms with Gasteiger partial charge in [0.2, 0.25) is 0 Å². The summed E-state index contributed by atoms with van der Waals surface area (Å²) in [4.78, 5) is 2.42. The van der Waals surface area contributed by atoms with Gasteiger partial charge in [-0.05, 0) is 114 Å². The Kier molecular flexibility index (Phi) is 7.38. The summed E-state index contributed by atoms with van der Waals surface area (Å²) >= 11 is 0. The first-order chi connectivity index (χ1) is 30.3. The molecule has 9 aromatic rings. The van der Waals surface area contributed by atoms with E-state index in [1.54, 1.807) is 0 Å². The number of nitrogens with zero attached hydrogens (tertiary/aromatic N) is 1. The van der Waals surface area contributed by atoms with Crippen molar-refractivity contribution in [2.45, 2.75) is 17.4 Å². The fourth-order valence-electron chi connectivity index (χ4n) is 11.0. The van der Waals surface area contributed by atoms with E-state index in [1.165, 1.54) is 83.1 Å². The Balaban J connectivity index is 1.11. The van der Waals surface area contributed by atoms with Crippen LogP contribution in [-0.4, -0.2) is 6.10 Å². The predicted octanol–water partition coefficient (Wildman–Crippen LogP) is 15.0. The van der Waals surface area contributed by atoms with Gasteiger partial charge in [0.15, 0.2) is 0 Å². The van der Waals surface area contributed by atoms with Crippen LogP contribution in [0.1, 0.15) is 33.7 Å². The summed E-state index contributed by atoms with van der Waals surface area (Å²) in [6.45, 7) is 0. The minimum atomic E-state index is -0.616. The Morgan fingerprint density at radius 1 is 0.410 bits per heavy atom. The predicted molar refractivity (Wildman–Crippen MR) is 251 cm³/mol. The van der Waals surface area contributed by atoms with Crippen LogP contribution in [-0.2, 0) is 5.41 Å². The number of anilines is 3. The Hall–Kier alpha value is -7.68. The first-order valence-corrected chi connectivity index (χ1v) is 21.3. The molecule has 1 heterocycles. The van der Waals surface area contributed by atoms with Crippen molar-refractivity contribution < 1.29 is 4.74 Å². The third-order valence-electron chi connectivity index (χ3n) is 13.6. The van der Waals surface area contributed by atoms with Crippen LogP contribution in [0.25, 0.3) is 55.3 Å². The van der Waals surface area contributed by atoms with Gasteiger partial charge in [-0.3, -0.25) is 0 Å². The van der Waals surface area contributed by atoms with Gasteiger partial charge in [-0.2, -0.15) is 0 Å². The second kappa shape index (κ2) is 13.2. The highest BCUT2D eigenvalue weighted by atomic mass is 16.5. The third kappa shape index (κ3) is 4.91. The smallest absolute Gasteiger partial charge is 0.128 e. The zero-order chi connectivity index (χ0) is 40.1. The van der Waals surface area contributed by atoms with E-state index in [-0.39, 0.29) is 12.0 Å². The number of hydrogen-bond donors (Lipinski definition) is 0. The number of allylic oxidation sites excluding steroid dienone is 2. The fourth-order valence-corrected chi connectivity index (χ4v) is 11.0. The topological polar surface area (TPSA) is 12.5 Å². The van der Waals surface area contributed by atoms with Gasteiger partial charge in [-0.1, -0.05) is 182 Å². The lowest BCUT2D eigenvalue weighted by molar-refractivity contribution is 0.269. The van der Waals surface area contributed by atoms with Crippen LogP contribution >= 0.6 is 0 Å².